The summed E-state index contributed by atoms with van der Waals surface area (Å²) in [6.07, 6.45) is 3.78. The summed E-state index contributed by atoms with van der Waals surface area (Å²) < 4.78 is 23.6. The Hall–Kier alpha value is -3.16. The van der Waals surface area contributed by atoms with Crippen LogP contribution in [0.3, 0.4) is 0 Å². The van der Waals surface area contributed by atoms with Gasteiger partial charge in [0.15, 0.2) is 0 Å². The molecule has 1 aromatic heterocycles. The minimum atomic E-state index is -0.918. The summed E-state index contributed by atoms with van der Waals surface area (Å²) in [5, 5.41) is 9.54. The summed E-state index contributed by atoms with van der Waals surface area (Å²) in [7, 11) is 1.66. The van der Waals surface area contributed by atoms with Gasteiger partial charge in [-0.3, -0.25) is 0 Å². The Labute approximate surface area is 206 Å². The number of carbonyl (C=O) groups is 1. The number of methoxy groups -OCH3 is 1. The van der Waals surface area contributed by atoms with Crippen LogP contribution in [-0.4, -0.2) is 35.4 Å². The number of nitrogens with zero attached hydrogens (tertiary/aromatic N) is 1. The number of carboxylic acids is 1. The Bertz CT molecular complexity index is 1180. The summed E-state index contributed by atoms with van der Waals surface area (Å²) in [5.74, 6) is 1.23. The number of hydrogen-bond acceptors (Lipinski definition) is 6. The van der Waals surface area contributed by atoms with E-state index in [0.29, 0.717) is 23.6 Å². The predicted octanol–water partition coefficient (Wildman–Crippen LogP) is 6.02. The van der Waals surface area contributed by atoms with Crippen molar-refractivity contribution in [3.05, 3.63) is 70.1 Å². The Morgan fingerprint density at radius 2 is 1.80 bits per heavy atom. The van der Waals surface area contributed by atoms with Crippen LogP contribution in [0.25, 0.3) is 11.5 Å². The fraction of sp³-hybridized carbons (Fsp3) is 0.429. The first-order valence-corrected chi connectivity index (χ1v) is 12.0. The molecule has 2 aromatic carbocycles. The molecule has 0 bridgehead atoms. The fourth-order valence-electron chi connectivity index (χ4n) is 4.66. The van der Waals surface area contributed by atoms with Gasteiger partial charge in [0.1, 0.15) is 17.2 Å². The van der Waals surface area contributed by atoms with Crippen LogP contribution in [0, 0.1) is 20.8 Å². The third-order valence-electron chi connectivity index (χ3n) is 6.62. The quantitative estimate of drug-likeness (QED) is 0.401. The van der Waals surface area contributed by atoms with Crippen LogP contribution in [0.2, 0.25) is 0 Å². The third-order valence-corrected chi connectivity index (χ3v) is 6.62. The van der Waals surface area contributed by atoms with Crippen molar-refractivity contribution < 1.29 is 28.5 Å². The molecule has 7 nitrogen and oxygen atoms in total. The van der Waals surface area contributed by atoms with Gasteiger partial charge in [0.05, 0.1) is 38.1 Å². The van der Waals surface area contributed by atoms with Crippen molar-refractivity contribution in [1.29, 1.82) is 0 Å². The molecule has 0 unspecified atom stereocenters. The van der Waals surface area contributed by atoms with Crippen molar-refractivity contribution in [2.75, 3.05) is 7.11 Å². The van der Waals surface area contributed by atoms with E-state index in [1.807, 2.05) is 57.2 Å². The van der Waals surface area contributed by atoms with E-state index < -0.39 is 5.97 Å². The maximum atomic E-state index is 11.6. The molecule has 0 saturated heterocycles. The van der Waals surface area contributed by atoms with Crippen LogP contribution >= 0.6 is 0 Å². The van der Waals surface area contributed by atoms with E-state index in [0.717, 1.165) is 59.6 Å². The van der Waals surface area contributed by atoms with Crippen LogP contribution < -0.4 is 4.74 Å². The summed E-state index contributed by atoms with van der Waals surface area (Å²) >= 11 is 0. The van der Waals surface area contributed by atoms with E-state index in [4.69, 9.17) is 18.6 Å². The molecule has 4 rings (SSSR count). The molecule has 1 heterocycles. The largest absolute Gasteiger partial charge is 0.496 e. The molecule has 1 aliphatic rings. The van der Waals surface area contributed by atoms with Crippen molar-refractivity contribution in [2.24, 2.45) is 0 Å². The monoisotopic (exact) mass is 479 g/mol. The summed E-state index contributed by atoms with van der Waals surface area (Å²) in [4.78, 5) is 16.3. The van der Waals surface area contributed by atoms with Gasteiger partial charge in [0, 0.05) is 5.56 Å². The Morgan fingerprint density at radius 3 is 2.49 bits per heavy atom. The van der Waals surface area contributed by atoms with E-state index in [-0.39, 0.29) is 18.8 Å². The zero-order chi connectivity index (χ0) is 24.9. The highest BCUT2D eigenvalue weighted by Crippen LogP contribution is 2.29. The van der Waals surface area contributed by atoms with Gasteiger partial charge in [0.25, 0.3) is 0 Å². The predicted molar refractivity (Wildman–Crippen MR) is 132 cm³/mol. The number of aryl methyl sites for hydroxylation is 3. The molecule has 3 aromatic rings. The summed E-state index contributed by atoms with van der Waals surface area (Å²) in [5.41, 5.74) is 4.51. The lowest BCUT2D eigenvalue weighted by Crippen LogP contribution is -2.28. The number of carboxylic acid groups (broad SMARTS) is 1. The number of rotatable bonds is 9. The molecular weight excluding hydrogens is 446 g/mol. The Morgan fingerprint density at radius 1 is 1.06 bits per heavy atom. The van der Waals surface area contributed by atoms with Crippen molar-refractivity contribution in [2.45, 2.75) is 71.9 Å². The zero-order valence-electron chi connectivity index (χ0n) is 20.8. The number of oxazole rings is 1. The molecule has 1 aliphatic carbocycles. The van der Waals surface area contributed by atoms with Gasteiger partial charge in [-0.1, -0.05) is 18.2 Å². The van der Waals surface area contributed by atoms with Crippen LogP contribution in [-0.2, 0) is 22.7 Å². The first-order valence-electron chi connectivity index (χ1n) is 12.0. The Kier molecular flexibility index (Phi) is 7.88. The van der Waals surface area contributed by atoms with Crippen molar-refractivity contribution >= 4 is 5.97 Å². The average Bonchev–Trinajstić information content (AvgIpc) is 3.21. The highest BCUT2D eigenvalue weighted by atomic mass is 16.5. The topological polar surface area (TPSA) is 91.0 Å². The maximum absolute atomic E-state index is 11.6. The number of ether oxygens (including phenoxy) is 3. The second-order valence-corrected chi connectivity index (χ2v) is 9.15. The first kappa shape index (κ1) is 24.9. The number of aromatic carboxylic acids is 1. The van der Waals surface area contributed by atoms with Crippen molar-refractivity contribution in [3.63, 3.8) is 0 Å². The lowest BCUT2D eigenvalue weighted by atomic mass is 9.94. The van der Waals surface area contributed by atoms with Gasteiger partial charge in [-0.2, -0.15) is 0 Å². The van der Waals surface area contributed by atoms with Gasteiger partial charge in [-0.15, -0.1) is 0 Å². The average molecular weight is 480 g/mol. The molecule has 0 radical (unpaired) electrons. The molecule has 0 amide bonds. The third kappa shape index (κ3) is 5.92. The van der Waals surface area contributed by atoms with Gasteiger partial charge in [-0.25, -0.2) is 9.78 Å². The lowest BCUT2D eigenvalue weighted by Gasteiger charge is -2.29. The standard InChI is InChI=1S/C28H33NO6/c1-17-7-5-8-21(26(17)28(30)31)15-33-22-9-6-10-23(14-22)34-16-24-19(3)35-27(29-24)20-11-12-25(32-4)18(2)13-20/h5,7-8,11-13,22-23H,6,9-10,14-16H2,1-4H3,(H,30,31)/t22-,23+/m1/s1. The molecule has 1 saturated carbocycles. The number of aromatic nitrogens is 1. The van der Waals surface area contributed by atoms with Crippen LogP contribution in [0.5, 0.6) is 5.75 Å². The molecule has 35 heavy (non-hydrogen) atoms. The summed E-state index contributed by atoms with van der Waals surface area (Å²) in [6.45, 7) is 6.37. The molecule has 0 spiro atoms. The highest BCUT2D eigenvalue weighted by Gasteiger charge is 2.25. The van der Waals surface area contributed by atoms with Gasteiger partial charge >= 0.3 is 5.97 Å². The molecule has 1 N–H and O–H groups in total. The van der Waals surface area contributed by atoms with E-state index in [9.17, 15) is 9.90 Å². The van der Waals surface area contributed by atoms with Crippen molar-refractivity contribution in [1.82, 2.24) is 4.98 Å². The van der Waals surface area contributed by atoms with E-state index in [1.165, 1.54) is 0 Å². The molecular formula is C28H33NO6. The number of hydrogen-bond donors (Lipinski definition) is 1. The maximum Gasteiger partial charge on any atom is 0.336 e. The SMILES string of the molecule is COc1ccc(-c2nc(CO[C@H]3CCC[C@@H](OCc4cccc(C)c4C(=O)O)C3)c(C)o2)cc1C. The van der Waals surface area contributed by atoms with Gasteiger partial charge in [-0.05, 0) is 81.3 Å². The molecule has 7 heteroatoms. The minimum Gasteiger partial charge on any atom is -0.496 e. The number of benzene rings is 2. The molecule has 186 valence electrons. The van der Waals surface area contributed by atoms with Crippen LogP contribution in [0.1, 0.15) is 64.2 Å². The van der Waals surface area contributed by atoms with E-state index in [1.54, 1.807) is 7.11 Å². The Balaban J connectivity index is 1.34. The van der Waals surface area contributed by atoms with Gasteiger partial charge in [0.2, 0.25) is 5.89 Å². The van der Waals surface area contributed by atoms with E-state index >= 15 is 0 Å². The van der Waals surface area contributed by atoms with Crippen LogP contribution in [0.4, 0.5) is 0 Å². The molecule has 2 atom stereocenters. The van der Waals surface area contributed by atoms with Gasteiger partial charge < -0.3 is 23.7 Å². The highest BCUT2D eigenvalue weighted by molar-refractivity contribution is 5.91. The molecule has 0 aliphatic heterocycles. The first-order chi connectivity index (χ1) is 16.9. The second kappa shape index (κ2) is 11.1. The van der Waals surface area contributed by atoms with Crippen LogP contribution in [0.15, 0.2) is 40.8 Å². The fourth-order valence-corrected chi connectivity index (χ4v) is 4.66. The zero-order valence-corrected chi connectivity index (χ0v) is 20.8. The lowest BCUT2D eigenvalue weighted by molar-refractivity contribution is -0.0564. The molecule has 1 fully saturated rings. The second-order valence-electron chi connectivity index (χ2n) is 9.15. The minimum absolute atomic E-state index is 0.0344. The summed E-state index contributed by atoms with van der Waals surface area (Å²) in [6, 6.07) is 11.4. The van der Waals surface area contributed by atoms with Crippen molar-refractivity contribution in [3.8, 4) is 17.2 Å². The smallest absolute Gasteiger partial charge is 0.336 e. The normalized spacial score (nSPS) is 17.9. The van der Waals surface area contributed by atoms with E-state index in [2.05, 4.69) is 4.98 Å².